The molecule has 1 aromatic rings. The highest BCUT2D eigenvalue weighted by Gasteiger charge is 2.25. The Labute approximate surface area is 164 Å². The molecule has 1 aromatic carbocycles. The SMILES string of the molecule is C=C/C=C(\C=C\C1CC(c2ccccc2)NC(I)N1)C1C=CC=CC1. The molecule has 2 nitrogen and oxygen atoms in total. The van der Waals surface area contributed by atoms with Crippen molar-refractivity contribution < 1.29 is 0 Å². The molecule has 3 heteroatoms. The highest BCUT2D eigenvalue weighted by atomic mass is 127. The third-order valence-corrected chi connectivity index (χ3v) is 5.36. The van der Waals surface area contributed by atoms with E-state index in [4.69, 9.17) is 0 Å². The molecule has 25 heavy (non-hydrogen) atoms. The van der Waals surface area contributed by atoms with Crippen LogP contribution >= 0.6 is 22.6 Å². The van der Waals surface area contributed by atoms with Crippen LogP contribution in [0.2, 0.25) is 0 Å². The minimum Gasteiger partial charge on any atom is -0.287 e. The summed E-state index contributed by atoms with van der Waals surface area (Å²) in [6, 6.07) is 11.4. The van der Waals surface area contributed by atoms with Crippen molar-refractivity contribution in [3.8, 4) is 0 Å². The molecule has 4 atom stereocenters. The minimum atomic E-state index is 0.260. The van der Waals surface area contributed by atoms with Crippen molar-refractivity contribution in [3.63, 3.8) is 0 Å². The Morgan fingerprint density at radius 2 is 2.00 bits per heavy atom. The summed E-state index contributed by atoms with van der Waals surface area (Å²) in [4.78, 5) is 0. The summed E-state index contributed by atoms with van der Waals surface area (Å²) in [5.41, 5.74) is 2.67. The van der Waals surface area contributed by atoms with Gasteiger partial charge >= 0.3 is 0 Å². The van der Waals surface area contributed by atoms with Crippen molar-refractivity contribution in [1.29, 1.82) is 0 Å². The van der Waals surface area contributed by atoms with Gasteiger partial charge < -0.3 is 0 Å². The lowest BCUT2D eigenvalue weighted by molar-refractivity contribution is 0.342. The van der Waals surface area contributed by atoms with Gasteiger partial charge in [-0.1, -0.05) is 85.5 Å². The van der Waals surface area contributed by atoms with Gasteiger partial charge in [0.25, 0.3) is 0 Å². The van der Waals surface area contributed by atoms with Gasteiger partial charge in [0.05, 0.1) is 0 Å². The van der Waals surface area contributed by atoms with Crippen LogP contribution in [-0.4, -0.2) is 10.2 Å². The molecule has 1 aliphatic heterocycles. The number of rotatable bonds is 5. The Morgan fingerprint density at radius 1 is 1.16 bits per heavy atom. The van der Waals surface area contributed by atoms with Gasteiger partial charge in [-0.2, -0.15) is 0 Å². The van der Waals surface area contributed by atoms with Crippen LogP contribution in [0, 0.1) is 5.92 Å². The van der Waals surface area contributed by atoms with Crippen LogP contribution in [0.5, 0.6) is 0 Å². The number of hydrogen-bond donors (Lipinski definition) is 2. The first-order valence-electron chi connectivity index (χ1n) is 8.81. The molecule has 0 bridgehead atoms. The number of alkyl halides is 1. The standard InChI is InChI=1S/C22H25IN2/c1-2-9-17(18-10-5-3-6-11-18)14-15-20-16-21(25-22(23)24-20)19-12-7-4-8-13-19/h2-10,12-15,18,20-22,24-25H,1,11,16H2/b15-14+,17-9+. The van der Waals surface area contributed by atoms with Gasteiger partial charge in [0.15, 0.2) is 0 Å². The van der Waals surface area contributed by atoms with Crippen molar-refractivity contribution in [2.24, 2.45) is 5.92 Å². The van der Waals surface area contributed by atoms with Gasteiger partial charge in [-0.25, -0.2) is 0 Å². The molecule has 1 aliphatic carbocycles. The second-order valence-electron chi connectivity index (χ2n) is 6.42. The van der Waals surface area contributed by atoms with Crippen LogP contribution in [0.1, 0.15) is 24.4 Å². The number of benzene rings is 1. The van der Waals surface area contributed by atoms with Crippen molar-refractivity contribution in [2.45, 2.75) is 29.1 Å². The van der Waals surface area contributed by atoms with E-state index in [0.29, 0.717) is 18.0 Å². The van der Waals surface area contributed by atoms with Crippen LogP contribution in [0.4, 0.5) is 0 Å². The maximum atomic E-state index is 3.87. The molecular weight excluding hydrogens is 419 g/mol. The van der Waals surface area contributed by atoms with Gasteiger partial charge in [0.2, 0.25) is 0 Å². The summed E-state index contributed by atoms with van der Waals surface area (Å²) in [5, 5.41) is 7.25. The van der Waals surface area contributed by atoms with Crippen LogP contribution < -0.4 is 10.6 Å². The fourth-order valence-electron chi connectivity index (χ4n) is 3.35. The second-order valence-corrected chi connectivity index (χ2v) is 7.66. The fraction of sp³-hybridized carbons (Fsp3) is 0.273. The van der Waals surface area contributed by atoms with Gasteiger partial charge in [0.1, 0.15) is 4.17 Å². The van der Waals surface area contributed by atoms with Crippen LogP contribution in [0.3, 0.4) is 0 Å². The number of hydrogen-bond acceptors (Lipinski definition) is 2. The van der Waals surface area contributed by atoms with Crippen LogP contribution in [0.15, 0.2) is 91.1 Å². The second kappa shape index (κ2) is 9.32. The molecule has 2 N–H and O–H groups in total. The van der Waals surface area contributed by atoms with Gasteiger partial charge in [-0.05, 0) is 46.6 Å². The highest BCUT2D eigenvalue weighted by Crippen LogP contribution is 2.26. The lowest BCUT2D eigenvalue weighted by Gasteiger charge is -2.34. The van der Waals surface area contributed by atoms with Crippen LogP contribution in [-0.2, 0) is 0 Å². The molecule has 1 fully saturated rings. The first kappa shape index (κ1) is 18.4. The minimum absolute atomic E-state index is 0.260. The van der Waals surface area contributed by atoms with Crippen molar-refractivity contribution >= 4 is 22.6 Å². The van der Waals surface area contributed by atoms with Gasteiger partial charge in [-0.3, -0.25) is 10.6 Å². The zero-order chi connectivity index (χ0) is 17.5. The van der Waals surface area contributed by atoms with E-state index < -0.39 is 0 Å². The Kier molecular flexibility index (Phi) is 6.84. The fourth-order valence-corrected chi connectivity index (χ4v) is 4.24. The molecule has 0 aromatic heterocycles. The average molecular weight is 444 g/mol. The normalized spacial score (nSPS) is 29.9. The lowest BCUT2D eigenvalue weighted by Crippen LogP contribution is -2.50. The van der Waals surface area contributed by atoms with Crippen molar-refractivity contribution in [3.05, 3.63) is 96.7 Å². The molecular formula is C22H25IN2. The van der Waals surface area contributed by atoms with E-state index in [2.05, 4.69) is 113 Å². The zero-order valence-corrected chi connectivity index (χ0v) is 16.5. The molecule has 2 aliphatic rings. The van der Waals surface area contributed by atoms with Gasteiger partial charge in [0, 0.05) is 18.0 Å². The Morgan fingerprint density at radius 3 is 2.72 bits per heavy atom. The first-order valence-corrected chi connectivity index (χ1v) is 10.1. The van der Waals surface area contributed by atoms with Crippen molar-refractivity contribution in [2.75, 3.05) is 0 Å². The highest BCUT2D eigenvalue weighted by molar-refractivity contribution is 14.1. The Hall–Kier alpha value is -1.43. The van der Waals surface area contributed by atoms with E-state index in [-0.39, 0.29) is 4.17 Å². The van der Waals surface area contributed by atoms with Crippen LogP contribution in [0.25, 0.3) is 0 Å². The van der Waals surface area contributed by atoms with E-state index in [1.54, 1.807) is 0 Å². The largest absolute Gasteiger partial charge is 0.287 e. The molecule has 4 unspecified atom stereocenters. The molecule has 0 spiro atoms. The summed E-state index contributed by atoms with van der Waals surface area (Å²) in [6.07, 6.45) is 19.4. The molecule has 1 heterocycles. The van der Waals surface area contributed by atoms with E-state index in [0.717, 1.165) is 12.8 Å². The predicted octanol–water partition coefficient (Wildman–Crippen LogP) is 5.20. The molecule has 0 amide bonds. The number of allylic oxidation sites excluding steroid dienone is 8. The summed E-state index contributed by atoms with van der Waals surface area (Å²) >= 11 is 2.42. The summed E-state index contributed by atoms with van der Waals surface area (Å²) in [7, 11) is 0. The third kappa shape index (κ3) is 5.27. The van der Waals surface area contributed by atoms with E-state index in [1.165, 1.54) is 11.1 Å². The molecule has 0 radical (unpaired) electrons. The summed E-state index contributed by atoms with van der Waals surface area (Å²) in [5.74, 6) is 0.446. The van der Waals surface area contributed by atoms with E-state index >= 15 is 0 Å². The first-order chi connectivity index (χ1) is 12.3. The maximum absolute atomic E-state index is 3.87. The Balaban J connectivity index is 1.70. The molecule has 1 saturated heterocycles. The molecule has 3 rings (SSSR count). The number of nitrogens with one attached hydrogen (secondary N) is 2. The molecule has 130 valence electrons. The molecule has 0 saturated carbocycles. The zero-order valence-electron chi connectivity index (χ0n) is 14.3. The monoisotopic (exact) mass is 444 g/mol. The van der Waals surface area contributed by atoms with E-state index in [1.807, 2.05) is 6.08 Å². The third-order valence-electron chi connectivity index (χ3n) is 4.64. The lowest BCUT2D eigenvalue weighted by atomic mass is 9.90. The summed E-state index contributed by atoms with van der Waals surface area (Å²) in [6.45, 7) is 3.87. The van der Waals surface area contributed by atoms with Gasteiger partial charge in [-0.15, -0.1) is 0 Å². The summed E-state index contributed by atoms with van der Waals surface area (Å²) < 4.78 is 0.260. The Bertz CT molecular complexity index is 687. The quantitative estimate of drug-likeness (QED) is 0.283. The predicted molar refractivity (Wildman–Crippen MR) is 115 cm³/mol. The van der Waals surface area contributed by atoms with E-state index in [9.17, 15) is 0 Å². The average Bonchev–Trinajstić information content (AvgIpc) is 2.66. The number of halogens is 1. The topological polar surface area (TPSA) is 24.1 Å². The maximum Gasteiger partial charge on any atom is 0.112 e. The smallest absolute Gasteiger partial charge is 0.112 e. The van der Waals surface area contributed by atoms with Crippen molar-refractivity contribution in [1.82, 2.24) is 10.6 Å².